The molecule has 17 heavy (non-hydrogen) atoms. The lowest BCUT2D eigenvalue weighted by molar-refractivity contribution is -0.152. The van der Waals surface area contributed by atoms with Gasteiger partial charge in [0.15, 0.2) is 6.79 Å². The van der Waals surface area contributed by atoms with Crippen molar-refractivity contribution in [1.82, 2.24) is 0 Å². The van der Waals surface area contributed by atoms with Crippen molar-refractivity contribution >= 4 is 5.97 Å². The van der Waals surface area contributed by atoms with Crippen molar-refractivity contribution < 1.29 is 19.0 Å². The zero-order valence-electron chi connectivity index (χ0n) is 10.7. The molecule has 1 saturated heterocycles. The fourth-order valence-corrected chi connectivity index (χ4v) is 1.53. The molecule has 1 heterocycles. The Morgan fingerprint density at radius 1 is 1.47 bits per heavy atom. The van der Waals surface area contributed by atoms with Crippen LogP contribution in [0.3, 0.4) is 0 Å². The van der Waals surface area contributed by atoms with Crippen molar-refractivity contribution in [3.63, 3.8) is 0 Å². The minimum absolute atomic E-state index is 0.0395. The molecule has 0 aliphatic carbocycles. The highest BCUT2D eigenvalue weighted by atomic mass is 16.7. The van der Waals surface area contributed by atoms with E-state index in [9.17, 15) is 4.79 Å². The number of hydrogen-bond donors (Lipinski definition) is 0. The van der Waals surface area contributed by atoms with Crippen molar-refractivity contribution in [2.24, 2.45) is 0 Å². The number of ether oxygens (including phenoxy) is 3. The highest BCUT2D eigenvalue weighted by molar-refractivity contribution is 5.88. The molecule has 0 aromatic heterocycles. The van der Waals surface area contributed by atoms with E-state index in [1.54, 1.807) is 0 Å². The van der Waals surface area contributed by atoms with E-state index in [0.717, 1.165) is 12.8 Å². The maximum absolute atomic E-state index is 11.1. The van der Waals surface area contributed by atoms with E-state index in [4.69, 9.17) is 14.2 Å². The van der Waals surface area contributed by atoms with E-state index in [1.807, 2.05) is 20.8 Å². The van der Waals surface area contributed by atoms with Crippen LogP contribution in [0.5, 0.6) is 0 Å². The number of carbonyl (C=O) groups excluding carboxylic acids is 1. The first kappa shape index (κ1) is 14.0. The summed E-state index contributed by atoms with van der Waals surface area (Å²) < 4.78 is 15.4. The average molecular weight is 240 g/mol. The van der Waals surface area contributed by atoms with Crippen LogP contribution in [0.2, 0.25) is 0 Å². The maximum atomic E-state index is 11.1. The van der Waals surface area contributed by atoms with Crippen LogP contribution in [-0.4, -0.2) is 31.1 Å². The van der Waals surface area contributed by atoms with Crippen molar-refractivity contribution in [2.45, 2.75) is 58.3 Å². The molecule has 2 atom stereocenters. The van der Waals surface area contributed by atoms with Gasteiger partial charge in [-0.2, -0.15) is 0 Å². The van der Waals surface area contributed by atoms with Gasteiger partial charge in [-0.3, -0.25) is 0 Å². The Balaban J connectivity index is 2.13. The number of hydrogen-bond acceptors (Lipinski definition) is 4. The van der Waals surface area contributed by atoms with Gasteiger partial charge in [0, 0.05) is 12.3 Å². The summed E-state index contributed by atoms with van der Waals surface area (Å²) in [7, 11) is 0. The highest BCUT2D eigenvalue weighted by Crippen LogP contribution is 2.20. The van der Waals surface area contributed by atoms with Crippen LogP contribution in [0.25, 0.3) is 0 Å². The van der Waals surface area contributed by atoms with Crippen molar-refractivity contribution in [3.8, 4) is 11.8 Å². The monoisotopic (exact) mass is 240 g/mol. The van der Waals surface area contributed by atoms with Gasteiger partial charge in [0.05, 0.1) is 18.3 Å². The van der Waals surface area contributed by atoms with Crippen LogP contribution in [0.1, 0.15) is 40.0 Å². The third kappa shape index (κ3) is 6.30. The fourth-order valence-electron chi connectivity index (χ4n) is 1.53. The average Bonchev–Trinajstić information content (AvgIpc) is 2.63. The number of rotatable bonds is 4. The van der Waals surface area contributed by atoms with Gasteiger partial charge in [-0.1, -0.05) is 5.92 Å². The molecule has 4 nitrogen and oxygen atoms in total. The molecule has 96 valence electrons. The molecule has 0 N–H and O–H groups in total. The Labute approximate surface area is 103 Å². The van der Waals surface area contributed by atoms with Crippen LogP contribution in [0, 0.1) is 11.8 Å². The summed E-state index contributed by atoms with van der Waals surface area (Å²) in [5.74, 6) is 4.66. The molecule has 0 aromatic rings. The van der Waals surface area contributed by atoms with Crippen LogP contribution in [0.15, 0.2) is 0 Å². The van der Waals surface area contributed by atoms with Crippen LogP contribution in [0.4, 0.5) is 0 Å². The van der Waals surface area contributed by atoms with Crippen molar-refractivity contribution in [2.75, 3.05) is 6.79 Å². The third-order valence-corrected chi connectivity index (χ3v) is 2.43. The standard InChI is InChI=1S/C13H20O4/c1-10(2)15-9-16-13(14)6-4-5-12-8-7-11(3)17-12/h10-12H,5,7-9H2,1-3H3/t11-,12+/m0/s1. The summed E-state index contributed by atoms with van der Waals surface area (Å²) in [6.45, 7) is 5.75. The Morgan fingerprint density at radius 3 is 2.82 bits per heavy atom. The Kier molecular flexibility index (Phi) is 6.03. The van der Waals surface area contributed by atoms with Crippen LogP contribution >= 0.6 is 0 Å². The largest absolute Gasteiger partial charge is 0.429 e. The second kappa shape index (κ2) is 7.31. The molecule has 0 unspecified atom stereocenters. The maximum Gasteiger partial charge on any atom is 0.386 e. The van der Waals surface area contributed by atoms with Crippen molar-refractivity contribution in [3.05, 3.63) is 0 Å². The second-order valence-corrected chi connectivity index (χ2v) is 4.42. The van der Waals surface area contributed by atoms with Gasteiger partial charge in [-0.05, 0) is 33.6 Å². The first-order valence-electron chi connectivity index (χ1n) is 6.00. The summed E-state index contributed by atoms with van der Waals surface area (Å²) in [4.78, 5) is 11.1. The number of esters is 1. The number of carbonyl (C=O) groups is 1. The Bertz CT molecular complexity index is 300. The first-order chi connectivity index (χ1) is 8.08. The molecule has 0 spiro atoms. The summed E-state index contributed by atoms with van der Waals surface area (Å²) in [6, 6.07) is 0. The zero-order valence-corrected chi connectivity index (χ0v) is 10.7. The van der Waals surface area contributed by atoms with Gasteiger partial charge in [0.1, 0.15) is 0 Å². The van der Waals surface area contributed by atoms with Gasteiger partial charge in [0.2, 0.25) is 0 Å². The lowest BCUT2D eigenvalue weighted by atomic mass is 10.1. The van der Waals surface area contributed by atoms with E-state index in [1.165, 1.54) is 0 Å². The fraction of sp³-hybridized carbons (Fsp3) is 0.769. The highest BCUT2D eigenvalue weighted by Gasteiger charge is 2.20. The molecule has 4 heteroatoms. The van der Waals surface area contributed by atoms with E-state index in [2.05, 4.69) is 11.8 Å². The second-order valence-electron chi connectivity index (χ2n) is 4.42. The van der Waals surface area contributed by atoms with E-state index in [-0.39, 0.29) is 19.0 Å². The predicted molar refractivity (Wildman–Crippen MR) is 63.1 cm³/mol. The minimum Gasteiger partial charge on any atom is -0.429 e. The normalized spacial score (nSPS) is 23.3. The van der Waals surface area contributed by atoms with Crippen LogP contribution in [-0.2, 0) is 19.0 Å². The topological polar surface area (TPSA) is 44.8 Å². The lowest BCUT2D eigenvalue weighted by Crippen LogP contribution is -2.11. The first-order valence-corrected chi connectivity index (χ1v) is 6.00. The summed E-state index contributed by atoms with van der Waals surface area (Å²) in [6.07, 6.45) is 3.19. The summed E-state index contributed by atoms with van der Waals surface area (Å²) in [5, 5.41) is 0. The van der Waals surface area contributed by atoms with Gasteiger partial charge in [-0.15, -0.1) is 0 Å². The Morgan fingerprint density at radius 2 is 2.24 bits per heavy atom. The molecule has 0 amide bonds. The molecule has 0 radical (unpaired) electrons. The van der Waals surface area contributed by atoms with Gasteiger partial charge in [0.25, 0.3) is 0 Å². The molecule has 0 aromatic carbocycles. The molecular formula is C13H20O4. The minimum atomic E-state index is -0.545. The smallest absolute Gasteiger partial charge is 0.386 e. The Hall–Kier alpha value is -1.05. The lowest BCUT2D eigenvalue weighted by Gasteiger charge is -2.06. The van der Waals surface area contributed by atoms with E-state index >= 15 is 0 Å². The molecule has 0 bridgehead atoms. The van der Waals surface area contributed by atoms with Crippen molar-refractivity contribution in [1.29, 1.82) is 0 Å². The van der Waals surface area contributed by atoms with Crippen LogP contribution < -0.4 is 0 Å². The molecule has 1 aliphatic heterocycles. The summed E-state index contributed by atoms with van der Waals surface area (Å²) >= 11 is 0. The quantitative estimate of drug-likeness (QED) is 0.326. The molecular weight excluding hydrogens is 220 g/mol. The zero-order chi connectivity index (χ0) is 12.7. The SMILES string of the molecule is CC(C)OCOC(=O)C#CC[C@@H]1CC[C@H](C)O1. The molecule has 1 aliphatic rings. The van der Waals surface area contributed by atoms with E-state index < -0.39 is 5.97 Å². The summed E-state index contributed by atoms with van der Waals surface area (Å²) in [5.41, 5.74) is 0. The van der Waals surface area contributed by atoms with Gasteiger partial charge in [-0.25, -0.2) is 4.79 Å². The third-order valence-electron chi connectivity index (χ3n) is 2.43. The molecule has 1 fully saturated rings. The predicted octanol–water partition coefficient (Wildman–Crippen LogP) is 1.87. The molecule has 0 saturated carbocycles. The molecule has 1 rings (SSSR count). The van der Waals surface area contributed by atoms with Gasteiger partial charge < -0.3 is 14.2 Å². The van der Waals surface area contributed by atoms with E-state index in [0.29, 0.717) is 12.5 Å². The van der Waals surface area contributed by atoms with Gasteiger partial charge >= 0.3 is 5.97 Å².